The number of rotatable bonds is 7. The Kier molecular flexibility index (Phi) is 6.37. The maximum absolute atomic E-state index is 3.55. The van der Waals surface area contributed by atoms with Gasteiger partial charge in [0.2, 0.25) is 0 Å². The second kappa shape index (κ2) is 7.29. The van der Waals surface area contributed by atoms with Crippen LogP contribution in [-0.2, 0) is 0 Å². The number of nitrogens with zero attached hydrogens (tertiary/aromatic N) is 1. The van der Waals surface area contributed by atoms with E-state index in [2.05, 4.69) is 31.0 Å². The molecule has 0 unspecified atom stereocenters. The van der Waals surface area contributed by atoms with Crippen LogP contribution in [0.15, 0.2) is 0 Å². The van der Waals surface area contributed by atoms with Gasteiger partial charge in [-0.3, -0.25) is 0 Å². The fourth-order valence-corrected chi connectivity index (χ4v) is 2.60. The minimum absolute atomic E-state index is 0.542. The average molecular weight is 226 g/mol. The molecule has 1 N–H and O–H groups in total. The molecule has 16 heavy (non-hydrogen) atoms. The molecule has 1 fully saturated rings. The number of hydrogen-bond donors (Lipinski definition) is 1. The van der Waals surface area contributed by atoms with Gasteiger partial charge >= 0.3 is 0 Å². The fraction of sp³-hybridized carbons (Fsp3) is 1.00. The molecule has 2 nitrogen and oxygen atoms in total. The van der Waals surface area contributed by atoms with Gasteiger partial charge in [0.1, 0.15) is 0 Å². The predicted molar refractivity (Wildman–Crippen MR) is 71.8 cm³/mol. The molecular formula is C14H30N2. The van der Waals surface area contributed by atoms with Gasteiger partial charge in [0.05, 0.1) is 0 Å². The van der Waals surface area contributed by atoms with Gasteiger partial charge in [-0.15, -0.1) is 0 Å². The van der Waals surface area contributed by atoms with Crippen LogP contribution in [0.25, 0.3) is 0 Å². The van der Waals surface area contributed by atoms with E-state index in [0.29, 0.717) is 5.41 Å². The summed E-state index contributed by atoms with van der Waals surface area (Å²) in [5.41, 5.74) is 0.542. The molecule has 1 aliphatic rings. The van der Waals surface area contributed by atoms with Crippen LogP contribution in [0, 0.1) is 5.41 Å². The van der Waals surface area contributed by atoms with E-state index in [9.17, 15) is 0 Å². The first kappa shape index (κ1) is 14.0. The summed E-state index contributed by atoms with van der Waals surface area (Å²) < 4.78 is 0. The lowest BCUT2D eigenvalue weighted by Crippen LogP contribution is -2.43. The smallest absolute Gasteiger partial charge is 0.0107 e. The number of likely N-dealkylation sites (tertiary alicyclic amines) is 1. The van der Waals surface area contributed by atoms with E-state index in [1.807, 2.05) is 0 Å². The summed E-state index contributed by atoms with van der Waals surface area (Å²) in [6.07, 6.45) is 6.80. The quantitative estimate of drug-likeness (QED) is 0.672. The van der Waals surface area contributed by atoms with E-state index < -0.39 is 0 Å². The second-order valence-corrected chi connectivity index (χ2v) is 6.00. The Morgan fingerprint density at radius 1 is 1.19 bits per heavy atom. The Labute approximate surface area is 102 Å². The molecule has 0 aliphatic carbocycles. The number of nitrogens with one attached hydrogen (secondary N) is 1. The van der Waals surface area contributed by atoms with Gasteiger partial charge in [0.15, 0.2) is 0 Å². The van der Waals surface area contributed by atoms with Crippen molar-refractivity contribution in [3.63, 3.8) is 0 Å². The van der Waals surface area contributed by atoms with Crippen molar-refractivity contribution in [2.24, 2.45) is 5.41 Å². The van der Waals surface area contributed by atoms with Crippen molar-refractivity contribution < 1.29 is 0 Å². The highest BCUT2D eigenvalue weighted by Crippen LogP contribution is 2.27. The normalized spacial score (nSPS) is 21.2. The lowest BCUT2D eigenvalue weighted by Gasteiger charge is -2.38. The summed E-state index contributed by atoms with van der Waals surface area (Å²) in [6.45, 7) is 13.2. The minimum atomic E-state index is 0.542. The average Bonchev–Trinajstić information content (AvgIpc) is 2.22. The first-order valence-electron chi connectivity index (χ1n) is 7.07. The molecule has 0 bridgehead atoms. The van der Waals surface area contributed by atoms with Crippen molar-refractivity contribution in [2.45, 2.75) is 52.9 Å². The Balaban J connectivity index is 2.00. The molecule has 0 aromatic rings. The molecule has 0 amide bonds. The molecule has 1 rings (SSSR count). The molecule has 0 aromatic carbocycles. The Morgan fingerprint density at radius 2 is 2.00 bits per heavy atom. The third kappa shape index (κ3) is 5.86. The van der Waals surface area contributed by atoms with Crippen LogP contribution in [0.4, 0.5) is 0 Å². The van der Waals surface area contributed by atoms with Crippen LogP contribution >= 0.6 is 0 Å². The summed E-state index contributed by atoms with van der Waals surface area (Å²) in [7, 11) is 0. The standard InChI is InChI=1S/C14H30N2/c1-4-5-6-9-15-10-12-16-11-7-8-14(2,3)13-16/h15H,4-13H2,1-3H3. The van der Waals surface area contributed by atoms with Gasteiger partial charge in [0.25, 0.3) is 0 Å². The molecule has 1 heterocycles. The van der Waals surface area contributed by atoms with E-state index in [0.717, 1.165) is 0 Å². The number of hydrogen-bond acceptors (Lipinski definition) is 2. The largest absolute Gasteiger partial charge is 0.315 e. The van der Waals surface area contributed by atoms with E-state index in [-0.39, 0.29) is 0 Å². The van der Waals surface area contributed by atoms with Gasteiger partial charge in [-0.05, 0) is 37.8 Å². The van der Waals surface area contributed by atoms with Crippen LogP contribution in [0.3, 0.4) is 0 Å². The monoisotopic (exact) mass is 226 g/mol. The zero-order valence-electron chi connectivity index (χ0n) is 11.5. The highest BCUT2D eigenvalue weighted by molar-refractivity contribution is 4.79. The molecule has 1 aliphatic heterocycles. The molecule has 0 radical (unpaired) electrons. The van der Waals surface area contributed by atoms with Crippen LogP contribution in [0.1, 0.15) is 52.9 Å². The zero-order chi connectivity index (χ0) is 11.9. The van der Waals surface area contributed by atoms with Crippen LogP contribution in [-0.4, -0.2) is 37.6 Å². The van der Waals surface area contributed by atoms with E-state index in [4.69, 9.17) is 0 Å². The maximum atomic E-state index is 3.55. The predicted octanol–water partition coefficient (Wildman–Crippen LogP) is 2.89. The van der Waals surface area contributed by atoms with Crippen molar-refractivity contribution in [3.8, 4) is 0 Å². The van der Waals surface area contributed by atoms with Gasteiger partial charge < -0.3 is 10.2 Å². The maximum Gasteiger partial charge on any atom is 0.0107 e. The second-order valence-electron chi connectivity index (χ2n) is 6.00. The molecule has 0 saturated carbocycles. The summed E-state index contributed by atoms with van der Waals surface area (Å²) in [5.74, 6) is 0. The van der Waals surface area contributed by atoms with Crippen LogP contribution in [0.5, 0.6) is 0 Å². The Hall–Kier alpha value is -0.0800. The zero-order valence-corrected chi connectivity index (χ0v) is 11.5. The first-order chi connectivity index (χ1) is 7.64. The molecular weight excluding hydrogens is 196 g/mol. The van der Waals surface area contributed by atoms with Gasteiger partial charge in [-0.1, -0.05) is 33.6 Å². The molecule has 0 aromatic heterocycles. The molecule has 1 saturated heterocycles. The molecule has 2 heteroatoms. The van der Waals surface area contributed by atoms with Crippen molar-refractivity contribution >= 4 is 0 Å². The third-order valence-electron chi connectivity index (χ3n) is 3.54. The number of unbranched alkanes of at least 4 members (excludes halogenated alkanes) is 2. The highest BCUT2D eigenvalue weighted by atomic mass is 15.1. The fourth-order valence-electron chi connectivity index (χ4n) is 2.60. The lowest BCUT2D eigenvalue weighted by molar-refractivity contribution is 0.118. The van der Waals surface area contributed by atoms with Crippen molar-refractivity contribution in [3.05, 3.63) is 0 Å². The number of piperidine rings is 1. The lowest BCUT2D eigenvalue weighted by atomic mass is 9.84. The van der Waals surface area contributed by atoms with Gasteiger partial charge in [-0.2, -0.15) is 0 Å². The van der Waals surface area contributed by atoms with E-state index in [1.54, 1.807) is 0 Å². The van der Waals surface area contributed by atoms with Crippen molar-refractivity contribution in [2.75, 3.05) is 32.7 Å². The van der Waals surface area contributed by atoms with Crippen LogP contribution in [0.2, 0.25) is 0 Å². The first-order valence-corrected chi connectivity index (χ1v) is 7.07. The minimum Gasteiger partial charge on any atom is -0.315 e. The van der Waals surface area contributed by atoms with E-state index in [1.165, 1.54) is 64.8 Å². The van der Waals surface area contributed by atoms with Crippen molar-refractivity contribution in [1.29, 1.82) is 0 Å². The van der Waals surface area contributed by atoms with Crippen LogP contribution < -0.4 is 5.32 Å². The van der Waals surface area contributed by atoms with E-state index >= 15 is 0 Å². The summed E-state index contributed by atoms with van der Waals surface area (Å²) in [4.78, 5) is 2.62. The van der Waals surface area contributed by atoms with Gasteiger partial charge in [-0.25, -0.2) is 0 Å². The highest BCUT2D eigenvalue weighted by Gasteiger charge is 2.25. The molecule has 0 atom stereocenters. The SMILES string of the molecule is CCCCCNCCN1CCCC(C)(C)C1. The Bertz CT molecular complexity index is 178. The third-order valence-corrected chi connectivity index (χ3v) is 3.54. The topological polar surface area (TPSA) is 15.3 Å². The summed E-state index contributed by atoms with van der Waals surface area (Å²) in [5, 5.41) is 3.55. The molecule has 96 valence electrons. The summed E-state index contributed by atoms with van der Waals surface area (Å²) >= 11 is 0. The Morgan fingerprint density at radius 3 is 2.69 bits per heavy atom. The van der Waals surface area contributed by atoms with Gasteiger partial charge in [0, 0.05) is 19.6 Å². The summed E-state index contributed by atoms with van der Waals surface area (Å²) in [6, 6.07) is 0. The molecule has 0 spiro atoms. The van der Waals surface area contributed by atoms with Crippen molar-refractivity contribution in [1.82, 2.24) is 10.2 Å².